The first kappa shape index (κ1) is 16.2. The molecule has 21 heavy (non-hydrogen) atoms. The molecule has 1 N–H and O–H groups in total. The lowest BCUT2D eigenvalue weighted by atomic mass is 10.0. The molecule has 118 valence electrons. The molecule has 0 aliphatic carbocycles. The van der Waals surface area contributed by atoms with Gasteiger partial charge in [0, 0.05) is 37.4 Å². The van der Waals surface area contributed by atoms with Crippen LogP contribution in [0.5, 0.6) is 0 Å². The van der Waals surface area contributed by atoms with E-state index in [1.165, 1.54) is 18.4 Å². The van der Waals surface area contributed by atoms with Gasteiger partial charge in [-0.2, -0.15) is 0 Å². The smallest absolute Gasteiger partial charge is 0.128 e. The summed E-state index contributed by atoms with van der Waals surface area (Å²) in [5.41, 5.74) is 1.39. The molecule has 0 spiro atoms. The van der Waals surface area contributed by atoms with Gasteiger partial charge >= 0.3 is 0 Å². The van der Waals surface area contributed by atoms with Gasteiger partial charge in [-0.3, -0.25) is 0 Å². The van der Waals surface area contributed by atoms with Crippen molar-refractivity contribution in [3.8, 4) is 0 Å². The minimum Gasteiger partial charge on any atom is -0.355 e. The molecule has 2 heterocycles. The summed E-state index contributed by atoms with van der Waals surface area (Å²) in [6.07, 6.45) is 4.54. The van der Waals surface area contributed by atoms with E-state index in [4.69, 9.17) is 0 Å². The van der Waals surface area contributed by atoms with Crippen LogP contribution in [0.1, 0.15) is 39.2 Å². The second-order valence-electron chi connectivity index (χ2n) is 7.33. The van der Waals surface area contributed by atoms with Crippen LogP contribution in [0.3, 0.4) is 0 Å². The lowest BCUT2D eigenvalue weighted by Gasteiger charge is -2.36. The number of nitrogens with one attached hydrogen (secondary N) is 1. The lowest BCUT2D eigenvalue weighted by Crippen LogP contribution is -2.45. The molecule has 0 aromatic carbocycles. The van der Waals surface area contributed by atoms with Gasteiger partial charge in [0.1, 0.15) is 5.82 Å². The number of likely N-dealkylation sites (N-methyl/N-ethyl adjacent to an activating group) is 1. The third-order valence-corrected chi connectivity index (χ3v) is 4.08. The molecule has 0 radical (unpaired) electrons. The zero-order valence-electron chi connectivity index (χ0n) is 14.2. The summed E-state index contributed by atoms with van der Waals surface area (Å²) in [6.45, 7) is 9.63. The molecule has 0 saturated carbocycles. The fourth-order valence-corrected chi connectivity index (χ4v) is 2.66. The Kier molecular flexibility index (Phi) is 5.22. The Morgan fingerprint density at radius 3 is 2.67 bits per heavy atom. The summed E-state index contributed by atoms with van der Waals surface area (Å²) >= 11 is 0. The van der Waals surface area contributed by atoms with E-state index in [1.54, 1.807) is 0 Å². The van der Waals surface area contributed by atoms with Gasteiger partial charge in [0.2, 0.25) is 0 Å². The van der Waals surface area contributed by atoms with E-state index in [0.29, 0.717) is 6.04 Å². The van der Waals surface area contributed by atoms with Gasteiger partial charge in [-0.15, -0.1) is 0 Å². The highest BCUT2D eigenvalue weighted by Crippen LogP contribution is 2.20. The number of hydrogen-bond acceptors (Lipinski definition) is 4. The maximum Gasteiger partial charge on any atom is 0.128 e. The monoisotopic (exact) mass is 290 g/mol. The maximum absolute atomic E-state index is 4.66. The van der Waals surface area contributed by atoms with E-state index >= 15 is 0 Å². The van der Waals surface area contributed by atoms with Crippen LogP contribution in [0.2, 0.25) is 0 Å². The Morgan fingerprint density at radius 1 is 1.33 bits per heavy atom. The van der Waals surface area contributed by atoms with Crippen molar-refractivity contribution in [2.24, 2.45) is 0 Å². The van der Waals surface area contributed by atoms with Gasteiger partial charge in [0.05, 0.1) is 0 Å². The zero-order valence-corrected chi connectivity index (χ0v) is 14.2. The van der Waals surface area contributed by atoms with E-state index in [1.807, 2.05) is 6.20 Å². The zero-order chi connectivity index (χ0) is 15.5. The molecule has 1 saturated heterocycles. The van der Waals surface area contributed by atoms with E-state index < -0.39 is 0 Å². The Balaban J connectivity index is 1.95. The molecule has 4 nitrogen and oxygen atoms in total. The number of hydrogen-bond donors (Lipinski definition) is 1. The minimum atomic E-state index is 0.143. The summed E-state index contributed by atoms with van der Waals surface area (Å²) < 4.78 is 0. The molecule has 1 atom stereocenters. The fourth-order valence-electron chi connectivity index (χ4n) is 2.66. The molecule has 1 aromatic heterocycles. The van der Waals surface area contributed by atoms with E-state index in [2.05, 4.69) is 67.1 Å². The number of aromatic nitrogens is 1. The van der Waals surface area contributed by atoms with Crippen molar-refractivity contribution in [1.82, 2.24) is 15.2 Å². The lowest BCUT2D eigenvalue weighted by molar-refractivity contribution is 0.257. The van der Waals surface area contributed by atoms with Crippen LogP contribution in [-0.2, 0) is 6.54 Å². The molecule has 1 unspecified atom stereocenters. The maximum atomic E-state index is 4.66. The van der Waals surface area contributed by atoms with Crippen molar-refractivity contribution in [3.63, 3.8) is 0 Å². The summed E-state index contributed by atoms with van der Waals surface area (Å²) in [5, 5.41) is 3.50. The molecule has 1 fully saturated rings. The summed E-state index contributed by atoms with van der Waals surface area (Å²) in [6, 6.07) is 5.00. The molecule has 0 amide bonds. The summed E-state index contributed by atoms with van der Waals surface area (Å²) in [4.78, 5) is 9.40. The van der Waals surface area contributed by atoms with Crippen LogP contribution in [0.15, 0.2) is 18.3 Å². The first-order chi connectivity index (χ1) is 9.85. The van der Waals surface area contributed by atoms with Gasteiger partial charge in [-0.25, -0.2) is 4.98 Å². The number of anilines is 1. The second-order valence-corrected chi connectivity index (χ2v) is 7.33. The molecular formula is C17H30N4. The highest BCUT2D eigenvalue weighted by atomic mass is 15.2. The van der Waals surface area contributed by atoms with Crippen LogP contribution < -0.4 is 10.2 Å². The van der Waals surface area contributed by atoms with Crippen LogP contribution in [0.25, 0.3) is 0 Å². The Bertz CT molecular complexity index is 433. The third-order valence-electron chi connectivity index (χ3n) is 4.08. The van der Waals surface area contributed by atoms with Crippen molar-refractivity contribution in [3.05, 3.63) is 23.9 Å². The van der Waals surface area contributed by atoms with Crippen molar-refractivity contribution < 1.29 is 0 Å². The highest BCUT2D eigenvalue weighted by molar-refractivity contribution is 5.40. The second kappa shape index (κ2) is 6.75. The highest BCUT2D eigenvalue weighted by Gasteiger charge is 2.22. The van der Waals surface area contributed by atoms with Gasteiger partial charge < -0.3 is 15.1 Å². The van der Waals surface area contributed by atoms with Crippen LogP contribution in [0, 0.1) is 0 Å². The van der Waals surface area contributed by atoms with Crippen LogP contribution >= 0.6 is 0 Å². The van der Waals surface area contributed by atoms with Crippen molar-refractivity contribution in [1.29, 1.82) is 0 Å². The number of pyridine rings is 1. The molecule has 1 aliphatic rings. The number of nitrogens with zero attached hydrogens (tertiary/aromatic N) is 3. The van der Waals surface area contributed by atoms with Crippen LogP contribution in [0.4, 0.5) is 5.82 Å². The minimum absolute atomic E-state index is 0.143. The Hall–Kier alpha value is -1.13. The predicted octanol–water partition coefficient (Wildman–Crippen LogP) is 2.50. The van der Waals surface area contributed by atoms with Gasteiger partial charge in [0.15, 0.2) is 0 Å². The first-order valence-electron chi connectivity index (χ1n) is 7.96. The predicted molar refractivity (Wildman–Crippen MR) is 89.8 cm³/mol. The average Bonchev–Trinajstić information content (AvgIpc) is 2.45. The third kappa shape index (κ3) is 4.97. The quantitative estimate of drug-likeness (QED) is 0.923. The van der Waals surface area contributed by atoms with Crippen molar-refractivity contribution in [2.45, 2.75) is 51.7 Å². The van der Waals surface area contributed by atoms with Crippen molar-refractivity contribution >= 4 is 5.82 Å². The topological polar surface area (TPSA) is 31.4 Å². The molecular weight excluding hydrogens is 260 g/mol. The number of rotatable bonds is 4. The van der Waals surface area contributed by atoms with Gasteiger partial charge in [0.25, 0.3) is 0 Å². The largest absolute Gasteiger partial charge is 0.355 e. The Morgan fingerprint density at radius 2 is 2.10 bits per heavy atom. The molecule has 2 rings (SSSR count). The molecule has 0 bridgehead atoms. The summed E-state index contributed by atoms with van der Waals surface area (Å²) in [5.74, 6) is 1.11. The Labute approximate surface area is 129 Å². The standard InChI is InChI=1S/C17H30N4/c1-17(2,3)19-12-14-8-9-16(18-11-14)21-10-6-7-15(13-21)20(4)5/h8-9,11,15,19H,6-7,10,12-13H2,1-5H3. The normalized spacial score (nSPS) is 20.1. The van der Waals surface area contributed by atoms with Gasteiger partial charge in [-0.1, -0.05) is 6.07 Å². The van der Waals surface area contributed by atoms with Gasteiger partial charge in [-0.05, 0) is 59.3 Å². The van der Waals surface area contributed by atoms with E-state index in [9.17, 15) is 0 Å². The van der Waals surface area contributed by atoms with Crippen LogP contribution in [-0.4, -0.2) is 48.6 Å². The molecule has 1 aromatic rings. The SMILES string of the molecule is CN(C)C1CCCN(c2ccc(CNC(C)(C)C)cn2)C1. The molecule has 4 heteroatoms. The number of piperidine rings is 1. The summed E-state index contributed by atoms with van der Waals surface area (Å²) in [7, 11) is 4.34. The fraction of sp³-hybridized carbons (Fsp3) is 0.706. The van der Waals surface area contributed by atoms with E-state index in [0.717, 1.165) is 25.5 Å². The van der Waals surface area contributed by atoms with E-state index in [-0.39, 0.29) is 5.54 Å². The average molecular weight is 290 g/mol. The van der Waals surface area contributed by atoms with Crippen molar-refractivity contribution in [2.75, 3.05) is 32.1 Å². The first-order valence-corrected chi connectivity index (χ1v) is 7.96. The molecule has 1 aliphatic heterocycles.